The number of carbonyl (C=O) groups excluding carboxylic acids is 4. The molecular weight excluding hydrogens is 716 g/mol. The van der Waals surface area contributed by atoms with Crippen LogP contribution in [0.1, 0.15) is 40.9 Å². The Morgan fingerprint density at radius 2 is 1.74 bits per heavy atom. The van der Waals surface area contributed by atoms with E-state index < -0.39 is 77.0 Å². The molecule has 2 amide bonds. The number of hydrogen-bond donors (Lipinski definition) is 5. The molecule has 2 aliphatic heterocycles. The number of esters is 1. The summed E-state index contributed by atoms with van der Waals surface area (Å²) in [5.74, 6) is -2.12. The minimum atomic E-state index is -2.11. The highest BCUT2D eigenvalue weighted by Gasteiger charge is 2.72. The fourth-order valence-electron chi connectivity index (χ4n) is 7.41. The molecule has 0 aromatic heterocycles. The second kappa shape index (κ2) is 14.6. The fraction of sp³-hybridized carbons (Fsp3) is 0.444. The van der Waals surface area contributed by atoms with E-state index in [2.05, 4.69) is 17.2 Å². The molecule has 1 saturated heterocycles. The van der Waals surface area contributed by atoms with Crippen molar-refractivity contribution in [3.8, 4) is 11.5 Å². The largest absolute Gasteiger partial charge is 0.493 e. The van der Waals surface area contributed by atoms with E-state index in [1.54, 1.807) is 30.3 Å². The first-order valence-electron chi connectivity index (χ1n) is 16.5. The van der Waals surface area contributed by atoms with Gasteiger partial charge in [0.15, 0.2) is 35.4 Å². The second-order valence-electron chi connectivity index (χ2n) is 12.7. The first kappa shape index (κ1) is 38.1. The molecule has 0 radical (unpaired) electrons. The molecule has 16 nitrogen and oxygen atoms in total. The van der Waals surface area contributed by atoms with Gasteiger partial charge in [-0.2, -0.15) is 0 Å². The summed E-state index contributed by atoms with van der Waals surface area (Å²) in [5.41, 5.74) is -1.47. The molecular formula is C36H40N2O14S. The van der Waals surface area contributed by atoms with Crippen molar-refractivity contribution >= 4 is 41.2 Å². The number of thioether (sulfide) groups is 1. The van der Waals surface area contributed by atoms with Gasteiger partial charge in [0, 0.05) is 24.3 Å². The lowest BCUT2D eigenvalue weighted by molar-refractivity contribution is -0.275. The molecule has 2 bridgehead atoms. The summed E-state index contributed by atoms with van der Waals surface area (Å²) in [6.45, 7) is 5.03. The standard InChI is InChI=1S/C36H40N2O14S/c1-16-27(39)24(51-33(43)19-13-22(47-4)23(48-5)14-21(19)37-32(42)17(2)46-3)15-26(50-16)52-31-28(40)29(38-34(44)49-6)36-25(11-12-53-36)35(31,45)20-10-8-7-9-18(20)30(36)41/h7-11,13-14,16,24,26-27,29-31,39,41,45H,2,12,15H2,1,3-6H3,(H,37,42)(H,38,44). The maximum absolute atomic E-state index is 14.5. The van der Waals surface area contributed by atoms with Crippen molar-refractivity contribution in [2.75, 3.05) is 39.5 Å². The lowest BCUT2D eigenvalue weighted by Gasteiger charge is -2.58. The van der Waals surface area contributed by atoms with Crippen molar-refractivity contribution in [2.24, 2.45) is 0 Å². The zero-order valence-electron chi connectivity index (χ0n) is 29.4. The van der Waals surface area contributed by atoms with Crippen LogP contribution in [0.2, 0.25) is 0 Å². The van der Waals surface area contributed by atoms with Gasteiger partial charge < -0.3 is 59.1 Å². The van der Waals surface area contributed by atoms with Crippen molar-refractivity contribution in [3.05, 3.63) is 77.1 Å². The maximum Gasteiger partial charge on any atom is 0.407 e. The van der Waals surface area contributed by atoms with Crippen LogP contribution >= 0.6 is 11.8 Å². The quantitative estimate of drug-likeness (QED) is 0.101. The van der Waals surface area contributed by atoms with Crippen LogP contribution < -0.4 is 20.1 Å². The molecule has 2 aliphatic carbocycles. The molecule has 9 atom stereocenters. The summed E-state index contributed by atoms with van der Waals surface area (Å²) in [6.07, 6.45) is -7.58. The number of rotatable bonds is 10. The minimum absolute atomic E-state index is 0.0400. The third-order valence-corrected chi connectivity index (χ3v) is 11.5. The van der Waals surface area contributed by atoms with E-state index in [0.717, 1.165) is 7.11 Å². The Kier molecular flexibility index (Phi) is 10.5. The van der Waals surface area contributed by atoms with Gasteiger partial charge in [0.25, 0.3) is 5.91 Å². The van der Waals surface area contributed by atoms with E-state index in [-0.39, 0.29) is 46.1 Å². The van der Waals surface area contributed by atoms with Crippen LogP contribution in [-0.4, -0.2) is 115 Å². The van der Waals surface area contributed by atoms with Crippen LogP contribution in [0.5, 0.6) is 11.5 Å². The highest BCUT2D eigenvalue weighted by atomic mass is 32.2. The zero-order valence-corrected chi connectivity index (χ0v) is 30.3. The fourth-order valence-corrected chi connectivity index (χ4v) is 8.95. The highest BCUT2D eigenvalue weighted by Crippen LogP contribution is 2.64. The summed E-state index contributed by atoms with van der Waals surface area (Å²) in [4.78, 5) is 53.5. The summed E-state index contributed by atoms with van der Waals surface area (Å²) in [7, 11) is 5.11. The van der Waals surface area contributed by atoms with Gasteiger partial charge in [-0.1, -0.05) is 36.9 Å². The predicted octanol–water partition coefficient (Wildman–Crippen LogP) is 1.86. The normalized spacial score (nSPS) is 31.2. The smallest absolute Gasteiger partial charge is 0.407 e. The molecule has 4 aliphatic rings. The molecule has 5 N–H and O–H groups in total. The number of aliphatic hydroxyl groups is 3. The third-order valence-electron chi connectivity index (χ3n) is 10.0. The summed E-state index contributed by atoms with van der Waals surface area (Å²) in [5, 5.41) is 40.7. The Balaban J connectivity index is 1.33. The molecule has 2 heterocycles. The summed E-state index contributed by atoms with van der Waals surface area (Å²) in [6, 6.07) is 7.77. The topological polar surface area (TPSA) is 218 Å². The van der Waals surface area contributed by atoms with Crippen molar-refractivity contribution < 1.29 is 67.7 Å². The Hall–Kier alpha value is -4.65. The first-order valence-corrected chi connectivity index (χ1v) is 17.5. The average Bonchev–Trinajstić information content (AvgIpc) is 3.63. The number of benzene rings is 2. The van der Waals surface area contributed by atoms with Crippen LogP contribution in [0, 0.1) is 0 Å². The summed E-state index contributed by atoms with van der Waals surface area (Å²) < 4.78 is 37.0. The van der Waals surface area contributed by atoms with Gasteiger partial charge in [0.05, 0.1) is 50.5 Å². The Morgan fingerprint density at radius 1 is 1.04 bits per heavy atom. The number of methoxy groups -OCH3 is 4. The van der Waals surface area contributed by atoms with E-state index in [1.165, 1.54) is 52.1 Å². The Morgan fingerprint density at radius 3 is 2.42 bits per heavy atom. The Bertz CT molecular complexity index is 1870. The molecule has 2 aromatic rings. The number of hydrogen-bond acceptors (Lipinski definition) is 15. The number of anilines is 1. The number of alkyl carbamates (subject to hydrolysis) is 1. The molecule has 9 unspecified atom stereocenters. The van der Waals surface area contributed by atoms with E-state index in [1.807, 2.05) is 0 Å². The minimum Gasteiger partial charge on any atom is -0.493 e. The van der Waals surface area contributed by atoms with Crippen molar-refractivity contribution in [3.63, 3.8) is 0 Å². The molecule has 17 heteroatoms. The van der Waals surface area contributed by atoms with Crippen molar-refractivity contribution in [1.82, 2.24) is 5.32 Å². The van der Waals surface area contributed by atoms with E-state index in [4.69, 9.17) is 33.2 Å². The van der Waals surface area contributed by atoms with Gasteiger partial charge in [-0.25, -0.2) is 9.59 Å². The van der Waals surface area contributed by atoms with Gasteiger partial charge in [0.2, 0.25) is 0 Å². The lowest BCUT2D eigenvalue weighted by atomic mass is 9.57. The number of fused-ring (bicyclic) bond motifs is 2. The van der Waals surface area contributed by atoms with Crippen LogP contribution in [0.15, 0.2) is 60.4 Å². The lowest BCUT2D eigenvalue weighted by Crippen LogP contribution is -2.73. The van der Waals surface area contributed by atoms with E-state index >= 15 is 0 Å². The first-order chi connectivity index (χ1) is 25.3. The molecule has 53 heavy (non-hydrogen) atoms. The van der Waals surface area contributed by atoms with Crippen LogP contribution in [0.25, 0.3) is 0 Å². The monoisotopic (exact) mass is 756 g/mol. The molecule has 284 valence electrons. The number of aliphatic hydroxyl groups excluding tert-OH is 2. The molecule has 1 saturated carbocycles. The van der Waals surface area contributed by atoms with Crippen molar-refractivity contribution in [1.29, 1.82) is 0 Å². The number of nitrogens with one attached hydrogen (secondary N) is 2. The molecule has 2 fully saturated rings. The number of ketones is 1. The molecule has 6 rings (SSSR count). The van der Waals surface area contributed by atoms with E-state index in [0.29, 0.717) is 11.3 Å². The van der Waals surface area contributed by atoms with Gasteiger partial charge >= 0.3 is 12.1 Å². The molecule has 2 aromatic carbocycles. The van der Waals surface area contributed by atoms with Gasteiger partial charge in [-0.05, 0) is 23.6 Å². The van der Waals surface area contributed by atoms with Crippen LogP contribution in [0.4, 0.5) is 10.5 Å². The van der Waals surface area contributed by atoms with Gasteiger partial charge in [-0.3, -0.25) is 9.59 Å². The zero-order chi connectivity index (χ0) is 38.4. The average molecular weight is 757 g/mol. The molecule has 0 spiro atoms. The Labute approximate surface area is 308 Å². The van der Waals surface area contributed by atoms with Gasteiger partial charge in [-0.15, -0.1) is 11.8 Å². The third kappa shape index (κ3) is 6.20. The number of carbonyl (C=O) groups is 4. The second-order valence-corrected chi connectivity index (χ2v) is 14.0. The van der Waals surface area contributed by atoms with Crippen LogP contribution in [0.3, 0.4) is 0 Å². The van der Waals surface area contributed by atoms with Crippen molar-refractivity contribution in [2.45, 2.75) is 66.5 Å². The number of amides is 2. The number of Topliss-reactive ketones (excluding diaryl/α,β-unsaturated/α-hetero) is 1. The number of ether oxygens (including phenoxy) is 7. The van der Waals surface area contributed by atoms with E-state index in [9.17, 15) is 34.5 Å². The summed E-state index contributed by atoms with van der Waals surface area (Å²) >= 11 is 1.20. The highest BCUT2D eigenvalue weighted by molar-refractivity contribution is 8.01. The predicted molar refractivity (Wildman–Crippen MR) is 186 cm³/mol. The maximum atomic E-state index is 14.5. The van der Waals surface area contributed by atoms with Gasteiger partial charge in [0.1, 0.15) is 30.0 Å². The van der Waals surface area contributed by atoms with Crippen LogP contribution in [-0.2, 0) is 38.9 Å². The SMILES string of the molecule is C=C(OC)C(=O)Nc1cc(OC)c(OC)cc1C(=O)OC1CC(OC2C(=O)C(NC(=O)OC)C34SCC=C3C2(O)c2ccccc2C4O)OC(C)C1O.